The lowest BCUT2D eigenvalue weighted by Crippen LogP contribution is -2.43. The van der Waals surface area contributed by atoms with E-state index in [1.165, 1.54) is 4.90 Å². The van der Waals surface area contributed by atoms with Crippen LogP contribution in [0.5, 0.6) is 0 Å². The highest BCUT2D eigenvalue weighted by atomic mass is 35.5. The Hall–Kier alpha value is -1.75. The number of hydrogen-bond acceptors (Lipinski definition) is 3. The first kappa shape index (κ1) is 16.6. The smallest absolute Gasteiger partial charge is 0.411 e. The summed E-state index contributed by atoms with van der Waals surface area (Å²) in [5, 5.41) is 0. The van der Waals surface area contributed by atoms with Gasteiger partial charge in [0.05, 0.1) is 12.2 Å². The maximum atomic E-state index is 12.4. The molecule has 0 atom stereocenters. The Morgan fingerprint density at radius 2 is 1.95 bits per heavy atom. The monoisotopic (exact) mass is 324 g/mol. The van der Waals surface area contributed by atoms with E-state index < -0.39 is 0 Å². The lowest BCUT2D eigenvalue weighted by Gasteiger charge is -2.29. The van der Waals surface area contributed by atoms with Gasteiger partial charge < -0.3 is 4.74 Å². The molecule has 0 aliphatic carbocycles. The van der Waals surface area contributed by atoms with E-state index in [9.17, 15) is 9.59 Å². The van der Waals surface area contributed by atoms with Crippen molar-refractivity contribution in [2.75, 3.05) is 30.6 Å². The average molecular weight is 325 g/mol. The molecule has 0 N–H and O–H groups in total. The fourth-order valence-corrected chi connectivity index (χ4v) is 2.78. The van der Waals surface area contributed by atoms with Crippen molar-refractivity contribution in [3.63, 3.8) is 0 Å². The Bertz CT molecular complexity index is 540. The number of alkyl halides is 1. The van der Waals surface area contributed by atoms with Gasteiger partial charge in [0.1, 0.15) is 19.2 Å². The molecular formula is C16H21ClN2O3. The highest BCUT2D eigenvalue weighted by Gasteiger charge is 2.28. The summed E-state index contributed by atoms with van der Waals surface area (Å²) in [6.07, 6.45) is 1.22. The normalized spacial score (nSPS) is 14.1. The number of carbonyl (C=O) groups is 2. The molecule has 6 heteroatoms. The molecule has 0 saturated carbocycles. The number of amides is 2. The van der Waals surface area contributed by atoms with E-state index in [1.807, 2.05) is 32.0 Å². The lowest BCUT2D eigenvalue weighted by molar-refractivity contribution is -0.116. The van der Waals surface area contributed by atoms with Crippen molar-refractivity contribution in [2.24, 2.45) is 0 Å². The van der Waals surface area contributed by atoms with Crippen LogP contribution in [-0.4, -0.2) is 42.6 Å². The van der Waals surface area contributed by atoms with E-state index in [2.05, 4.69) is 0 Å². The number of aryl methyl sites for hydroxylation is 2. The largest absolute Gasteiger partial charge is 0.447 e. The number of cyclic esters (lactones) is 1. The molecule has 120 valence electrons. The van der Waals surface area contributed by atoms with Crippen molar-refractivity contribution >= 4 is 29.3 Å². The first-order chi connectivity index (χ1) is 10.6. The molecule has 22 heavy (non-hydrogen) atoms. The van der Waals surface area contributed by atoms with Gasteiger partial charge in [-0.2, -0.15) is 0 Å². The maximum Gasteiger partial charge on any atom is 0.411 e. The molecule has 0 aromatic heterocycles. The molecule has 0 spiro atoms. The van der Waals surface area contributed by atoms with E-state index >= 15 is 0 Å². The van der Waals surface area contributed by atoms with E-state index in [1.54, 1.807) is 4.90 Å². The summed E-state index contributed by atoms with van der Waals surface area (Å²) in [6, 6.07) is 6.01. The summed E-state index contributed by atoms with van der Waals surface area (Å²) in [4.78, 5) is 27.2. The molecule has 5 nitrogen and oxygen atoms in total. The van der Waals surface area contributed by atoms with E-state index in [0.29, 0.717) is 13.2 Å². The third-order valence-corrected chi connectivity index (χ3v) is 4.04. The Morgan fingerprint density at radius 1 is 1.32 bits per heavy atom. The molecule has 1 heterocycles. The number of carbonyl (C=O) groups excluding carboxylic acids is 2. The molecule has 1 fully saturated rings. The van der Waals surface area contributed by atoms with Gasteiger partial charge in [0.25, 0.3) is 0 Å². The molecule has 2 amide bonds. The zero-order valence-corrected chi connectivity index (χ0v) is 13.7. The minimum atomic E-state index is -0.389. The molecule has 1 aromatic carbocycles. The zero-order valence-electron chi connectivity index (χ0n) is 13.0. The van der Waals surface area contributed by atoms with E-state index in [4.69, 9.17) is 16.3 Å². The van der Waals surface area contributed by atoms with Gasteiger partial charge in [0.15, 0.2) is 0 Å². The van der Waals surface area contributed by atoms with Crippen molar-refractivity contribution in [3.8, 4) is 0 Å². The van der Waals surface area contributed by atoms with Gasteiger partial charge in [-0.05, 0) is 24.0 Å². The molecule has 1 aromatic rings. The number of para-hydroxylation sites is 1. The lowest BCUT2D eigenvalue weighted by atomic mass is 10.0. The van der Waals surface area contributed by atoms with E-state index in [-0.39, 0.29) is 24.5 Å². The number of anilines is 1. The zero-order chi connectivity index (χ0) is 16.1. The van der Waals surface area contributed by atoms with Gasteiger partial charge in [-0.1, -0.05) is 32.0 Å². The van der Waals surface area contributed by atoms with Crippen LogP contribution in [-0.2, 0) is 22.4 Å². The Morgan fingerprint density at radius 3 is 2.41 bits per heavy atom. The van der Waals surface area contributed by atoms with Gasteiger partial charge in [0.2, 0.25) is 5.91 Å². The van der Waals surface area contributed by atoms with Crippen molar-refractivity contribution < 1.29 is 14.3 Å². The van der Waals surface area contributed by atoms with Crippen LogP contribution in [0.15, 0.2) is 18.2 Å². The molecule has 0 unspecified atom stereocenters. The number of rotatable bonds is 6. The molecule has 2 rings (SSSR count). The topological polar surface area (TPSA) is 49.9 Å². The third-order valence-electron chi connectivity index (χ3n) is 3.81. The fourth-order valence-electron chi connectivity index (χ4n) is 2.63. The van der Waals surface area contributed by atoms with Crippen LogP contribution in [0.4, 0.5) is 10.5 Å². The molecule has 1 aliphatic rings. The highest BCUT2D eigenvalue weighted by Crippen LogP contribution is 2.28. The van der Waals surface area contributed by atoms with Gasteiger partial charge >= 0.3 is 6.09 Å². The SMILES string of the molecule is CCc1cccc(CC)c1N(CN1CCOC1=O)C(=O)CCl. The second kappa shape index (κ2) is 7.49. The second-order valence-corrected chi connectivity index (χ2v) is 5.37. The minimum Gasteiger partial charge on any atom is -0.447 e. The summed E-state index contributed by atoms with van der Waals surface area (Å²) < 4.78 is 4.94. The summed E-state index contributed by atoms with van der Waals surface area (Å²) in [6.45, 7) is 5.12. The van der Waals surface area contributed by atoms with Crippen LogP contribution in [0.1, 0.15) is 25.0 Å². The standard InChI is InChI=1S/C16H21ClN2O3/c1-3-12-6-5-7-13(4-2)15(12)19(14(20)10-17)11-18-8-9-22-16(18)21/h5-7H,3-4,8-11H2,1-2H3. The third kappa shape index (κ3) is 3.35. The van der Waals surface area contributed by atoms with Crippen molar-refractivity contribution in [3.05, 3.63) is 29.3 Å². The average Bonchev–Trinajstić information content (AvgIpc) is 2.96. The summed E-state index contributed by atoms with van der Waals surface area (Å²) in [5.41, 5.74) is 3.02. The molecule has 0 bridgehead atoms. The van der Waals surface area contributed by atoms with Gasteiger partial charge in [-0.25, -0.2) is 4.79 Å². The Labute approximate surface area is 135 Å². The van der Waals surface area contributed by atoms with Crippen molar-refractivity contribution in [1.29, 1.82) is 0 Å². The number of hydrogen-bond donors (Lipinski definition) is 0. The first-order valence-electron chi connectivity index (χ1n) is 7.51. The fraction of sp³-hybridized carbons (Fsp3) is 0.500. The van der Waals surface area contributed by atoms with Crippen molar-refractivity contribution in [2.45, 2.75) is 26.7 Å². The summed E-state index contributed by atoms with van der Waals surface area (Å²) in [7, 11) is 0. The van der Waals surface area contributed by atoms with Crippen LogP contribution in [0.3, 0.4) is 0 Å². The first-order valence-corrected chi connectivity index (χ1v) is 8.04. The maximum absolute atomic E-state index is 12.4. The van der Waals surface area contributed by atoms with Crippen LogP contribution < -0.4 is 4.90 Å². The Kier molecular flexibility index (Phi) is 5.66. The van der Waals surface area contributed by atoms with Crippen LogP contribution >= 0.6 is 11.6 Å². The molecular weight excluding hydrogens is 304 g/mol. The molecule has 0 radical (unpaired) electrons. The van der Waals surface area contributed by atoms with Gasteiger partial charge in [-0.15, -0.1) is 11.6 Å². The highest BCUT2D eigenvalue weighted by molar-refractivity contribution is 6.29. The summed E-state index contributed by atoms with van der Waals surface area (Å²) >= 11 is 5.78. The predicted molar refractivity (Wildman–Crippen MR) is 86.3 cm³/mol. The second-order valence-electron chi connectivity index (χ2n) is 5.11. The number of ether oxygens (including phenoxy) is 1. The molecule has 1 saturated heterocycles. The van der Waals surface area contributed by atoms with Crippen LogP contribution in [0.2, 0.25) is 0 Å². The number of halogens is 1. The van der Waals surface area contributed by atoms with Crippen molar-refractivity contribution in [1.82, 2.24) is 4.90 Å². The van der Waals surface area contributed by atoms with Crippen LogP contribution in [0.25, 0.3) is 0 Å². The summed E-state index contributed by atoms with van der Waals surface area (Å²) in [5.74, 6) is -0.332. The van der Waals surface area contributed by atoms with Crippen LogP contribution in [0, 0.1) is 0 Å². The van der Waals surface area contributed by atoms with Gasteiger partial charge in [0, 0.05) is 0 Å². The quantitative estimate of drug-likeness (QED) is 0.756. The number of nitrogens with zero attached hydrogens (tertiary/aromatic N) is 2. The Balaban J connectivity index is 2.41. The van der Waals surface area contributed by atoms with E-state index in [0.717, 1.165) is 29.7 Å². The predicted octanol–water partition coefficient (Wildman–Crippen LogP) is 2.79. The minimum absolute atomic E-state index is 0.121. The molecule has 1 aliphatic heterocycles. The van der Waals surface area contributed by atoms with Gasteiger partial charge in [-0.3, -0.25) is 14.6 Å². The number of benzene rings is 1.